The normalized spacial score (nSPS) is 14.0. The molecule has 0 unspecified atom stereocenters. The molecule has 0 bridgehead atoms. The first-order chi connectivity index (χ1) is 16.7. The third kappa shape index (κ3) is 5.42. The van der Waals surface area contributed by atoms with Gasteiger partial charge in [0, 0.05) is 34.9 Å². The molecular formula is C27H33N3O3S. The molecule has 1 aliphatic heterocycles. The van der Waals surface area contributed by atoms with Crippen molar-refractivity contribution < 1.29 is 14.2 Å². The molecule has 7 heteroatoms. The van der Waals surface area contributed by atoms with E-state index >= 15 is 0 Å². The topological polar surface area (TPSA) is 55.9 Å². The predicted octanol–water partition coefficient (Wildman–Crippen LogP) is 5.25. The van der Waals surface area contributed by atoms with Gasteiger partial charge in [0.1, 0.15) is 0 Å². The SMILES string of the molecule is COc1cc(-c2cc(CN(c3ccc(SC)cc3)C3CCNCC3)ccn2)cc(OC)c1OC. The summed E-state index contributed by atoms with van der Waals surface area (Å²) < 4.78 is 16.6. The lowest BCUT2D eigenvalue weighted by atomic mass is 10.0. The predicted molar refractivity (Wildman–Crippen MR) is 140 cm³/mol. The second-order valence-electron chi connectivity index (χ2n) is 8.27. The van der Waals surface area contributed by atoms with Gasteiger partial charge in [-0.2, -0.15) is 0 Å². The van der Waals surface area contributed by atoms with Gasteiger partial charge in [0.15, 0.2) is 11.5 Å². The summed E-state index contributed by atoms with van der Waals surface area (Å²) >= 11 is 1.77. The van der Waals surface area contributed by atoms with E-state index in [2.05, 4.69) is 57.9 Å². The number of hydrogen-bond acceptors (Lipinski definition) is 7. The van der Waals surface area contributed by atoms with Crippen molar-refractivity contribution in [2.45, 2.75) is 30.3 Å². The van der Waals surface area contributed by atoms with E-state index in [4.69, 9.17) is 14.2 Å². The number of thioether (sulfide) groups is 1. The second kappa shape index (κ2) is 11.5. The minimum Gasteiger partial charge on any atom is -0.493 e. The standard InChI is InChI=1S/C27H33N3O3S/c1-31-25-16-20(17-26(32-2)27(25)33-3)24-15-19(9-14-29-24)18-30(22-10-12-28-13-11-22)21-5-7-23(34-4)8-6-21/h5-9,14-17,22,28H,10-13,18H2,1-4H3. The molecule has 2 aromatic carbocycles. The van der Waals surface area contributed by atoms with Crippen LogP contribution in [-0.2, 0) is 6.54 Å². The maximum Gasteiger partial charge on any atom is 0.203 e. The lowest BCUT2D eigenvalue weighted by Gasteiger charge is -2.36. The number of aromatic nitrogens is 1. The fourth-order valence-electron chi connectivity index (χ4n) is 4.48. The van der Waals surface area contributed by atoms with Crippen molar-refractivity contribution in [1.29, 1.82) is 0 Å². The number of benzene rings is 2. The zero-order valence-corrected chi connectivity index (χ0v) is 21.2. The Kier molecular flexibility index (Phi) is 8.19. The largest absolute Gasteiger partial charge is 0.493 e. The highest BCUT2D eigenvalue weighted by Crippen LogP contribution is 2.41. The smallest absolute Gasteiger partial charge is 0.203 e. The van der Waals surface area contributed by atoms with Crippen molar-refractivity contribution >= 4 is 17.4 Å². The number of nitrogens with one attached hydrogen (secondary N) is 1. The molecule has 1 aliphatic rings. The van der Waals surface area contributed by atoms with Crippen molar-refractivity contribution in [3.05, 3.63) is 60.3 Å². The van der Waals surface area contributed by atoms with Gasteiger partial charge in [0.25, 0.3) is 0 Å². The van der Waals surface area contributed by atoms with Crippen LogP contribution < -0.4 is 24.4 Å². The number of anilines is 1. The van der Waals surface area contributed by atoms with Gasteiger partial charge in [0.05, 0.1) is 27.0 Å². The van der Waals surface area contributed by atoms with Crippen molar-refractivity contribution in [3.8, 4) is 28.5 Å². The molecule has 0 atom stereocenters. The number of ether oxygens (including phenoxy) is 3. The molecule has 0 spiro atoms. The third-order valence-electron chi connectivity index (χ3n) is 6.29. The zero-order chi connectivity index (χ0) is 23.9. The van der Waals surface area contributed by atoms with Crippen LogP contribution in [0.4, 0.5) is 5.69 Å². The fraction of sp³-hybridized carbons (Fsp3) is 0.370. The Morgan fingerprint density at radius 3 is 2.21 bits per heavy atom. The first-order valence-corrected chi connectivity index (χ1v) is 12.8. The molecule has 2 heterocycles. The van der Waals surface area contributed by atoms with Gasteiger partial charge >= 0.3 is 0 Å². The van der Waals surface area contributed by atoms with Gasteiger partial charge < -0.3 is 24.4 Å². The quantitative estimate of drug-likeness (QED) is 0.421. The zero-order valence-electron chi connectivity index (χ0n) is 20.3. The Hall–Kier alpha value is -2.90. The highest BCUT2D eigenvalue weighted by molar-refractivity contribution is 7.98. The maximum atomic E-state index is 5.54. The summed E-state index contributed by atoms with van der Waals surface area (Å²) in [6, 6.07) is 17.6. The summed E-state index contributed by atoms with van der Waals surface area (Å²) in [5.41, 5.74) is 4.27. The van der Waals surface area contributed by atoms with Gasteiger partial charge in [-0.05, 0) is 86.3 Å². The van der Waals surface area contributed by atoms with E-state index < -0.39 is 0 Å². The van der Waals surface area contributed by atoms with E-state index in [9.17, 15) is 0 Å². The first kappa shape index (κ1) is 24.2. The van der Waals surface area contributed by atoms with E-state index in [-0.39, 0.29) is 0 Å². The van der Waals surface area contributed by atoms with Crippen LogP contribution in [0.3, 0.4) is 0 Å². The number of methoxy groups -OCH3 is 3. The van der Waals surface area contributed by atoms with Crippen LogP contribution in [0.1, 0.15) is 18.4 Å². The van der Waals surface area contributed by atoms with Crippen LogP contribution in [-0.4, -0.2) is 51.7 Å². The minimum absolute atomic E-state index is 0.499. The maximum absolute atomic E-state index is 5.54. The monoisotopic (exact) mass is 479 g/mol. The van der Waals surface area contributed by atoms with Crippen molar-refractivity contribution in [2.24, 2.45) is 0 Å². The Bertz CT molecular complexity index is 1060. The third-order valence-corrected chi connectivity index (χ3v) is 7.03. The van der Waals surface area contributed by atoms with Gasteiger partial charge in [-0.25, -0.2) is 0 Å². The number of rotatable bonds is 9. The number of nitrogens with zero attached hydrogens (tertiary/aromatic N) is 2. The average molecular weight is 480 g/mol. The fourth-order valence-corrected chi connectivity index (χ4v) is 4.89. The van der Waals surface area contributed by atoms with Crippen molar-refractivity contribution in [1.82, 2.24) is 10.3 Å². The molecule has 4 rings (SSSR count). The Morgan fingerprint density at radius 2 is 1.62 bits per heavy atom. The highest BCUT2D eigenvalue weighted by atomic mass is 32.2. The van der Waals surface area contributed by atoms with E-state index in [0.717, 1.165) is 43.7 Å². The number of piperidine rings is 1. The van der Waals surface area contributed by atoms with Crippen molar-refractivity contribution in [2.75, 3.05) is 45.6 Å². The van der Waals surface area contributed by atoms with Crippen LogP contribution in [0.2, 0.25) is 0 Å². The minimum atomic E-state index is 0.499. The summed E-state index contributed by atoms with van der Waals surface area (Å²) in [5, 5.41) is 3.49. The molecule has 180 valence electrons. The molecule has 1 N–H and O–H groups in total. The van der Waals surface area contributed by atoms with Gasteiger partial charge in [0.2, 0.25) is 5.75 Å². The summed E-state index contributed by atoms with van der Waals surface area (Å²) in [7, 11) is 4.87. The Balaban J connectivity index is 1.66. The molecule has 3 aromatic rings. The highest BCUT2D eigenvalue weighted by Gasteiger charge is 2.22. The Morgan fingerprint density at radius 1 is 0.941 bits per heavy atom. The van der Waals surface area contributed by atoms with Crippen LogP contribution in [0, 0.1) is 0 Å². The molecule has 0 aliphatic carbocycles. The summed E-state index contributed by atoms with van der Waals surface area (Å²) in [5.74, 6) is 1.82. The molecule has 0 radical (unpaired) electrons. The van der Waals surface area contributed by atoms with Gasteiger partial charge in [-0.15, -0.1) is 11.8 Å². The molecule has 1 aromatic heterocycles. The van der Waals surface area contributed by atoms with Crippen LogP contribution in [0.15, 0.2) is 59.6 Å². The summed E-state index contributed by atoms with van der Waals surface area (Å²) in [6.07, 6.45) is 6.26. The van der Waals surface area contributed by atoms with E-state index in [0.29, 0.717) is 23.3 Å². The van der Waals surface area contributed by atoms with Crippen LogP contribution in [0.25, 0.3) is 11.3 Å². The first-order valence-electron chi connectivity index (χ1n) is 11.5. The molecular weight excluding hydrogens is 446 g/mol. The molecule has 34 heavy (non-hydrogen) atoms. The van der Waals surface area contributed by atoms with Crippen LogP contribution in [0.5, 0.6) is 17.2 Å². The summed E-state index contributed by atoms with van der Waals surface area (Å²) in [4.78, 5) is 8.47. The average Bonchev–Trinajstić information content (AvgIpc) is 2.91. The molecule has 1 fully saturated rings. The molecule has 1 saturated heterocycles. The lowest BCUT2D eigenvalue weighted by Crippen LogP contribution is -2.43. The van der Waals surface area contributed by atoms with Gasteiger partial charge in [-0.1, -0.05) is 0 Å². The van der Waals surface area contributed by atoms with E-state index in [1.54, 1.807) is 33.1 Å². The summed E-state index contributed by atoms with van der Waals surface area (Å²) in [6.45, 7) is 2.93. The van der Waals surface area contributed by atoms with E-state index in [1.807, 2.05) is 18.3 Å². The molecule has 0 amide bonds. The Labute approximate surface area is 206 Å². The molecule has 6 nitrogen and oxygen atoms in total. The second-order valence-corrected chi connectivity index (χ2v) is 9.15. The molecule has 0 saturated carbocycles. The number of hydrogen-bond donors (Lipinski definition) is 1. The van der Waals surface area contributed by atoms with Gasteiger partial charge in [-0.3, -0.25) is 4.98 Å². The van der Waals surface area contributed by atoms with Crippen LogP contribution >= 0.6 is 11.8 Å². The van der Waals surface area contributed by atoms with Crippen molar-refractivity contribution in [3.63, 3.8) is 0 Å². The number of pyridine rings is 1. The van der Waals surface area contributed by atoms with E-state index in [1.165, 1.54) is 16.1 Å². The lowest BCUT2D eigenvalue weighted by molar-refractivity contribution is 0.324.